The SMILES string of the molecule is CCCN(C(=O)c1ccc(Cl)cc1Cl)c1ccc(N)cc1. The van der Waals surface area contributed by atoms with E-state index in [2.05, 4.69) is 0 Å². The number of anilines is 2. The van der Waals surface area contributed by atoms with Gasteiger partial charge in [-0.15, -0.1) is 0 Å². The summed E-state index contributed by atoms with van der Waals surface area (Å²) in [6, 6.07) is 12.1. The molecular formula is C16H16Cl2N2O. The van der Waals surface area contributed by atoms with Gasteiger partial charge < -0.3 is 10.6 Å². The molecule has 0 saturated carbocycles. The molecule has 0 atom stereocenters. The molecule has 2 aromatic rings. The summed E-state index contributed by atoms with van der Waals surface area (Å²) in [5.74, 6) is -0.150. The van der Waals surface area contributed by atoms with Crippen molar-refractivity contribution in [1.82, 2.24) is 0 Å². The van der Waals surface area contributed by atoms with Gasteiger partial charge in [-0.1, -0.05) is 30.1 Å². The highest BCUT2D eigenvalue weighted by atomic mass is 35.5. The molecule has 0 radical (unpaired) electrons. The molecule has 0 unspecified atom stereocenters. The second-order valence-corrected chi connectivity index (χ2v) is 5.52. The van der Waals surface area contributed by atoms with Gasteiger partial charge in [0.25, 0.3) is 5.91 Å². The van der Waals surface area contributed by atoms with Crippen molar-refractivity contribution in [3.8, 4) is 0 Å². The minimum atomic E-state index is -0.150. The van der Waals surface area contributed by atoms with Crippen LogP contribution < -0.4 is 10.6 Å². The Morgan fingerprint density at radius 3 is 2.38 bits per heavy atom. The first-order chi connectivity index (χ1) is 10.0. The van der Waals surface area contributed by atoms with Crippen molar-refractivity contribution >= 4 is 40.5 Å². The third-order valence-corrected chi connectivity index (χ3v) is 3.61. The van der Waals surface area contributed by atoms with Crippen molar-refractivity contribution in [2.75, 3.05) is 17.2 Å². The number of nitrogens with zero attached hydrogens (tertiary/aromatic N) is 1. The molecule has 0 aromatic heterocycles. The standard InChI is InChI=1S/C16H16Cl2N2O/c1-2-9-20(13-6-4-12(19)5-7-13)16(21)14-8-3-11(17)10-15(14)18/h3-8,10H,2,9,19H2,1H3. The molecule has 2 aromatic carbocycles. The number of hydrogen-bond acceptors (Lipinski definition) is 2. The third-order valence-electron chi connectivity index (χ3n) is 3.06. The number of hydrogen-bond donors (Lipinski definition) is 1. The zero-order valence-corrected chi connectivity index (χ0v) is 13.2. The van der Waals surface area contributed by atoms with Crippen LogP contribution in [0.2, 0.25) is 10.0 Å². The third kappa shape index (κ3) is 3.69. The first-order valence-electron chi connectivity index (χ1n) is 6.65. The van der Waals surface area contributed by atoms with Crippen LogP contribution in [0.5, 0.6) is 0 Å². The second kappa shape index (κ2) is 6.83. The average Bonchev–Trinajstić information content (AvgIpc) is 2.45. The number of amides is 1. The van der Waals surface area contributed by atoms with E-state index in [9.17, 15) is 4.79 Å². The first-order valence-corrected chi connectivity index (χ1v) is 7.41. The largest absolute Gasteiger partial charge is 0.399 e. The number of halogens is 2. The minimum Gasteiger partial charge on any atom is -0.399 e. The summed E-state index contributed by atoms with van der Waals surface area (Å²) in [5, 5.41) is 0.857. The molecule has 0 bridgehead atoms. The molecule has 0 heterocycles. The number of nitrogens with two attached hydrogens (primary N) is 1. The van der Waals surface area contributed by atoms with E-state index in [1.807, 2.05) is 19.1 Å². The van der Waals surface area contributed by atoms with Crippen molar-refractivity contribution in [1.29, 1.82) is 0 Å². The molecule has 0 fully saturated rings. The Morgan fingerprint density at radius 1 is 1.14 bits per heavy atom. The normalized spacial score (nSPS) is 10.4. The summed E-state index contributed by atoms with van der Waals surface area (Å²) < 4.78 is 0. The van der Waals surface area contributed by atoms with Crippen LogP contribution in [0.1, 0.15) is 23.7 Å². The lowest BCUT2D eigenvalue weighted by Gasteiger charge is -2.23. The Kier molecular flexibility index (Phi) is 5.10. The molecule has 2 N–H and O–H groups in total. The lowest BCUT2D eigenvalue weighted by Crippen LogP contribution is -2.31. The van der Waals surface area contributed by atoms with Crippen LogP contribution in [-0.2, 0) is 0 Å². The van der Waals surface area contributed by atoms with Gasteiger partial charge in [0.2, 0.25) is 0 Å². The fraction of sp³-hybridized carbons (Fsp3) is 0.188. The van der Waals surface area contributed by atoms with Crippen LogP contribution in [0.15, 0.2) is 42.5 Å². The van der Waals surface area contributed by atoms with Crippen LogP contribution in [-0.4, -0.2) is 12.5 Å². The van der Waals surface area contributed by atoms with Gasteiger partial charge in [-0.05, 0) is 48.9 Å². The molecule has 2 rings (SSSR count). The fourth-order valence-corrected chi connectivity index (χ4v) is 2.52. The first kappa shape index (κ1) is 15.7. The van der Waals surface area contributed by atoms with Crippen molar-refractivity contribution in [2.45, 2.75) is 13.3 Å². The molecule has 0 saturated heterocycles. The Hall–Kier alpha value is -1.71. The summed E-state index contributed by atoms with van der Waals surface area (Å²) in [7, 11) is 0. The smallest absolute Gasteiger partial charge is 0.259 e. The summed E-state index contributed by atoms with van der Waals surface area (Å²) >= 11 is 12.0. The quantitative estimate of drug-likeness (QED) is 0.834. The van der Waals surface area contributed by atoms with Gasteiger partial charge >= 0.3 is 0 Å². The van der Waals surface area contributed by atoms with E-state index in [0.29, 0.717) is 27.8 Å². The Labute approximate surface area is 134 Å². The molecule has 0 spiro atoms. The molecule has 21 heavy (non-hydrogen) atoms. The van der Waals surface area contributed by atoms with Gasteiger partial charge in [0.15, 0.2) is 0 Å². The van der Waals surface area contributed by atoms with Gasteiger partial charge in [-0.25, -0.2) is 0 Å². The van der Waals surface area contributed by atoms with Crippen LogP contribution in [0.3, 0.4) is 0 Å². The highest BCUT2D eigenvalue weighted by Crippen LogP contribution is 2.25. The van der Waals surface area contributed by atoms with Gasteiger partial charge in [-0.2, -0.15) is 0 Å². The van der Waals surface area contributed by atoms with Gasteiger partial charge in [0.05, 0.1) is 10.6 Å². The Bertz CT molecular complexity index is 641. The van der Waals surface area contributed by atoms with Crippen LogP contribution >= 0.6 is 23.2 Å². The fourth-order valence-electron chi connectivity index (χ4n) is 2.03. The van der Waals surface area contributed by atoms with E-state index in [1.54, 1.807) is 35.2 Å². The predicted octanol–water partition coefficient (Wildman–Crippen LogP) is 4.63. The van der Waals surface area contributed by atoms with Crippen LogP contribution in [0.4, 0.5) is 11.4 Å². The monoisotopic (exact) mass is 322 g/mol. The van der Waals surface area contributed by atoms with Crippen molar-refractivity contribution in [3.63, 3.8) is 0 Å². The molecule has 3 nitrogen and oxygen atoms in total. The Balaban J connectivity index is 2.37. The van der Waals surface area contributed by atoms with Gasteiger partial charge in [0.1, 0.15) is 0 Å². The average molecular weight is 323 g/mol. The van der Waals surface area contributed by atoms with Gasteiger partial charge in [0, 0.05) is 22.9 Å². The number of carbonyl (C=O) groups excluding carboxylic acids is 1. The van der Waals surface area contributed by atoms with Crippen molar-refractivity contribution in [3.05, 3.63) is 58.1 Å². The maximum absolute atomic E-state index is 12.7. The number of rotatable bonds is 4. The summed E-state index contributed by atoms with van der Waals surface area (Å²) in [5.41, 5.74) is 7.58. The van der Waals surface area contributed by atoms with E-state index in [1.165, 1.54) is 0 Å². The molecule has 0 aliphatic rings. The second-order valence-electron chi connectivity index (χ2n) is 4.67. The highest BCUT2D eigenvalue weighted by molar-refractivity contribution is 6.37. The van der Waals surface area contributed by atoms with Crippen molar-refractivity contribution in [2.24, 2.45) is 0 Å². The van der Waals surface area contributed by atoms with Crippen molar-refractivity contribution < 1.29 is 4.79 Å². The number of nitrogen functional groups attached to an aromatic ring is 1. The topological polar surface area (TPSA) is 46.3 Å². The lowest BCUT2D eigenvalue weighted by atomic mass is 10.1. The number of carbonyl (C=O) groups is 1. The van der Waals surface area contributed by atoms with E-state index < -0.39 is 0 Å². The van der Waals surface area contributed by atoms with Gasteiger partial charge in [-0.3, -0.25) is 4.79 Å². The zero-order chi connectivity index (χ0) is 15.4. The van der Waals surface area contributed by atoms with E-state index >= 15 is 0 Å². The van der Waals surface area contributed by atoms with E-state index in [4.69, 9.17) is 28.9 Å². The molecule has 0 aliphatic carbocycles. The lowest BCUT2D eigenvalue weighted by molar-refractivity contribution is 0.0987. The predicted molar refractivity (Wildman–Crippen MR) is 89.3 cm³/mol. The molecular weight excluding hydrogens is 307 g/mol. The highest BCUT2D eigenvalue weighted by Gasteiger charge is 2.19. The summed E-state index contributed by atoms with van der Waals surface area (Å²) in [6.07, 6.45) is 0.835. The van der Waals surface area contributed by atoms with E-state index in [-0.39, 0.29) is 5.91 Å². The number of benzene rings is 2. The zero-order valence-electron chi connectivity index (χ0n) is 11.6. The minimum absolute atomic E-state index is 0.150. The summed E-state index contributed by atoms with van der Waals surface area (Å²) in [4.78, 5) is 14.4. The maximum Gasteiger partial charge on any atom is 0.259 e. The Morgan fingerprint density at radius 2 is 1.81 bits per heavy atom. The molecule has 110 valence electrons. The molecule has 5 heteroatoms. The molecule has 0 aliphatic heterocycles. The molecule has 1 amide bonds. The van der Waals surface area contributed by atoms with Crippen LogP contribution in [0.25, 0.3) is 0 Å². The maximum atomic E-state index is 12.7. The van der Waals surface area contributed by atoms with E-state index in [0.717, 1.165) is 12.1 Å². The summed E-state index contributed by atoms with van der Waals surface area (Å²) in [6.45, 7) is 2.61. The van der Waals surface area contributed by atoms with Crippen LogP contribution in [0, 0.1) is 0 Å².